The lowest BCUT2D eigenvalue weighted by molar-refractivity contribution is 0.379. The number of rotatable bonds is 9. The van der Waals surface area contributed by atoms with Crippen LogP contribution in [0.25, 0.3) is 0 Å². The lowest BCUT2D eigenvalue weighted by Gasteiger charge is -2.17. The van der Waals surface area contributed by atoms with E-state index in [2.05, 4.69) is 15.0 Å². The number of nitrogens with one attached hydrogen (secondary N) is 2. The predicted molar refractivity (Wildman–Crippen MR) is 86.0 cm³/mol. The maximum atomic E-state index is 12.4. The Morgan fingerprint density at radius 2 is 2.10 bits per heavy atom. The Hall–Kier alpha value is -1.18. The molecule has 1 rings (SSSR count). The second kappa shape index (κ2) is 8.31. The Bertz CT molecular complexity index is 532. The maximum absolute atomic E-state index is 12.4. The van der Waals surface area contributed by atoms with Crippen LogP contribution in [0.15, 0.2) is 23.4 Å². The standard InChI is InChI=1S/C14H26N4O2S/c1-5-9-15-13-7-6-10-16-14(13)21(19,20)17-12(2)8-11-18(3)4/h6-7,10,12,15,17H,5,8-9,11H2,1-4H3. The molecule has 1 atom stereocenters. The van der Waals surface area contributed by atoms with Crippen molar-refractivity contribution in [3.8, 4) is 0 Å². The highest BCUT2D eigenvalue weighted by molar-refractivity contribution is 7.89. The summed E-state index contributed by atoms with van der Waals surface area (Å²) < 4.78 is 27.6. The van der Waals surface area contributed by atoms with E-state index in [1.54, 1.807) is 12.1 Å². The van der Waals surface area contributed by atoms with Crippen LogP contribution in [0.5, 0.6) is 0 Å². The van der Waals surface area contributed by atoms with Gasteiger partial charge in [0.2, 0.25) is 0 Å². The summed E-state index contributed by atoms with van der Waals surface area (Å²) in [6.45, 7) is 5.43. The Kier molecular flexibility index (Phi) is 7.07. The van der Waals surface area contributed by atoms with Crippen molar-refractivity contribution >= 4 is 15.7 Å². The van der Waals surface area contributed by atoms with E-state index in [1.807, 2.05) is 32.8 Å². The minimum atomic E-state index is -3.61. The molecular formula is C14H26N4O2S. The topological polar surface area (TPSA) is 74.3 Å². The molecule has 0 radical (unpaired) electrons. The summed E-state index contributed by atoms with van der Waals surface area (Å²) in [4.78, 5) is 6.06. The lowest BCUT2D eigenvalue weighted by atomic mass is 10.2. The Morgan fingerprint density at radius 1 is 1.38 bits per heavy atom. The number of sulfonamides is 1. The molecular weight excluding hydrogens is 288 g/mol. The van der Waals surface area contributed by atoms with Gasteiger partial charge in [-0.05, 0) is 52.5 Å². The van der Waals surface area contributed by atoms with Crippen LogP contribution in [0.4, 0.5) is 5.69 Å². The summed E-state index contributed by atoms with van der Waals surface area (Å²) in [7, 11) is 0.319. The number of hydrogen-bond donors (Lipinski definition) is 2. The van der Waals surface area contributed by atoms with Crippen LogP contribution in [0.2, 0.25) is 0 Å². The van der Waals surface area contributed by atoms with E-state index >= 15 is 0 Å². The van der Waals surface area contributed by atoms with Gasteiger partial charge in [0.15, 0.2) is 5.03 Å². The lowest BCUT2D eigenvalue weighted by Crippen LogP contribution is -2.35. The zero-order valence-corrected chi connectivity index (χ0v) is 14.1. The van der Waals surface area contributed by atoms with Gasteiger partial charge >= 0.3 is 0 Å². The van der Waals surface area contributed by atoms with Crippen molar-refractivity contribution in [3.63, 3.8) is 0 Å². The molecule has 2 N–H and O–H groups in total. The van der Waals surface area contributed by atoms with E-state index in [9.17, 15) is 8.42 Å². The van der Waals surface area contributed by atoms with Gasteiger partial charge < -0.3 is 10.2 Å². The van der Waals surface area contributed by atoms with Gasteiger partial charge in [-0.15, -0.1) is 0 Å². The highest BCUT2D eigenvalue weighted by Crippen LogP contribution is 2.18. The van der Waals surface area contributed by atoms with Gasteiger partial charge in [-0.3, -0.25) is 0 Å². The Morgan fingerprint density at radius 3 is 2.71 bits per heavy atom. The number of anilines is 1. The number of pyridine rings is 1. The van der Waals surface area contributed by atoms with Crippen LogP contribution in [0.1, 0.15) is 26.7 Å². The second-order valence-electron chi connectivity index (χ2n) is 5.40. The number of hydrogen-bond acceptors (Lipinski definition) is 5. The second-order valence-corrected chi connectivity index (χ2v) is 7.03. The van der Waals surface area contributed by atoms with Crippen LogP contribution in [-0.2, 0) is 10.0 Å². The molecule has 21 heavy (non-hydrogen) atoms. The third-order valence-corrected chi connectivity index (χ3v) is 4.50. The molecule has 0 aromatic carbocycles. The fraction of sp³-hybridized carbons (Fsp3) is 0.643. The van der Waals surface area contributed by atoms with Crippen molar-refractivity contribution in [1.29, 1.82) is 0 Å². The molecule has 1 aromatic heterocycles. The van der Waals surface area contributed by atoms with Crippen LogP contribution < -0.4 is 10.0 Å². The van der Waals surface area contributed by atoms with Gasteiger partial charge in [-0.25, -0.2) is 18.1 Å². The van der Waals surface area contributed by atoms with Crippen molar-refractivity contribution in [2.24, 2.45) is 0 Å². The first-order valence-corrected chi connectivity index (χ1v) is 8.71. The van der Waals surface area contributed by atoms with Crippen molar-refractivity contribution in [2.75, 3.05) is 32.5 Å². The summed E-state index contributed by atoms with van der Waals surface area (Å²) in [5, 5.41) is 3.17. The van der Waals surface area contributed by atoms with Crippen molar-refractivity contribution in [1.82, 2.24) is 14.6 Å². The maximum Gasteiger partial charge on any atom is 0.260 e. The van der Waals surface area contributed by atoms with E-state index < -0.39 is 10.0 Å². The summed E-state index contributed by atoms with van der Waals surface area (Å²) in [6, 6.07) is 3.33. The third-order valence-electron chi connectivity index (χ3n) is 2.96. The first-order valence-electron chi connectivity index (χ1n) is 7.22. The molecule has 0 saturated carbocycles. The average molecular weight is 314 g/mol. The zero-order chi connectivity index (χ0) is 15.9. The molecule has 6 nitrogen and oxygen atoms in total. The average Bonchev–Trinajstić information content (AvgIpc) is 2.42. The van der Waals surface area contributed by atoms with Crippen LogP contribution >= 0.6 is 0 Å². The van der Waals surface area contributed by atoms with Gasteiger partial charge in [-0.1, -0.05) is 6.92 Å². The molecule has 0 aliphatic heterocycles. The Labute approximate surface area is 128 Å². The van der Waals surface area contributed by atoms with Crippen molar-refractivity contribution in [2.45, 2.75) is 37.8 Å². The molecule has 0 fully saturated rings. The van der Waals surface area contributed by atoms with Crippen LogP contribution in [0, 0.1) is 0 Å². The van der Waals surface area contributed by atoms with Gasteiger partial charge in [0, 0.05) is 18.8 Å². The molecule has 120 valence electrons. The van der Waals surface area contributed by atoms with Gasteiger partial charge in [0.25, 0.3) is 10.0 Å². The van der Waals surface area contributed by atoms with E-state index in [0.717, 1.165) is 19.4 Å². The SMILES string of the molecule is CCCNc1cccnc1S(=O)(=O)NC(C)CCN(C)C. The molecule has 1 heterocycles. The number of nitrogens with zero attached hydrogens (tertiary/aromatic N) is 2. The molecule has 0 amide bonds. The Balaban J connectivity index is 2.82. The van der Waals surface area contributed by atoms with Crippen LogP contribution in [-0.4, -0.2) is 51.5 Å². The van der Waals surface area contributed by atoms with E-state index in [-0.39, 0.29) is 11.1 Å². The highest BCUT2D eigenvalue weighted by Gasteiger charge is 2.22. The van der Waals surface area contributed by atoms with Crippen molar-refractivity contribution < 1.29 is 8.42 Å². The fourth-order valence-electron chi connectivity index (χ4n) is 1.83. The molecule has 0 bridgehead atoms. The van der Waals surface area contributed by atoms with E-state index in [1.165, 1.54) is 6.20 Å². The predicted octanol–water partition coefficient (Wildman–Crippen LogP) is 1.52. The normalized spacial score (nSPS) is 13.4. The smallest absolute Gasteiger partial charge is 0.260 e. The molecule has 0 spiro atoms. The molecule has 1 unspecified atom stereocenters. The first kappa shape index (κ1) is 17.9. The summed E-state index contributed by atoms with van der Waals surface area (Å²) in [6.07, 6.45) is 3.16. The largest absolute Gasteiger partial charge is 0.383 e. The summed E-state index contributed by atoms with van der Waals surface area (Å²) in [5.41, 5.74) is 0.548. The highest BCUT2D eigenvalue weighted by atomic mass is 32.2. The van der Waals surface area contributed by atoms with Gasteiger partial charge in [0.05, 0.1) is 5.69 Å². The summed E-state index contributed by atoms with van der Waals surface area (Å²) >= 11 is 0. The number of aromatic nitrogens is 1. The molecule has 1 aromatic rings. The quantitative estimate of drug-likeness (QED) is 0.723. The molecule has 0 aliphatic rings. The van der Waals surface area contributed by atoms with E-state index in [0.29, 0.717) is 12.2 Å². The summed E-state index contributed by atoms with van der Waals surface area (Å²) in [5.74, 6) is 0. The van der Waals surface area contributed by atoms with Crippen molar-refractivity contribution in [3.05, 3.63) is 18.3 Å². The zero-order valence-electron chi connectivity index (χ0n) is 13.3. The minimum Gasteiger partial charge on any atom is -0.383 e. The van der Waals surface area contributed by atoms with E-state index in [4.69, 9.17) is 0 Å². The third kappa shape index (κ3) is 5.99. The molecule has 0 aliphatic carbocycles. The van der Waals surface area contributed by atoms with Gasteiger partial charge in [-0.2, -0.15) is 0 Å². The fourth-order valence-corrected chi connectivity index (χ4v) is 3.22. The minimum absolute atomic E-state index is 0.0650. The van der Waals surface area contributed by atoms with Crippen LogP contribution in [0.3, 0.4) is 0 Å². The monoisotopic (exact) mass is 314 g/mol. The molecule has 0 saturated heterocycles. The molecule has 7 heteroatoms. The first-order chi connectivity index (χ1) is 9.86. The van der Waals surface area contributed by atoms with Gasteiger partial charge in [0.1, 0.15) is 0 Å².